The summed E-state index contributed by atoms with van der Waals surface area (Å²) in [6, 6.07) is 9.00. The summed E-state index contributed by atoms with van der Waals surface area (Å²) < 4.78 is 1.36. The van der Waals surface area contributed by atoms with Crippen LogP contribution in [0.4, 0.5) is 0 Å². The third-order valence-electron chi connectivity index (χ3n) is 2.79. The zero-order valence-corrected chi connectivity index (χ0v) is 11.3. The van der Waals surface area contributed by atoms with Crippen LogP contribution in [-0.4, -0.2) is 12.6 Å². The van der Waals surface area contributed by atoms with E-state index in [1.54, 1.807) is 0 Å². The van der Waals surface area contributed by atoms with Crippen molar-refractivity contribution in [3.8, 4) is 0 Å². The van der Waals surface area contributed by atoms with Crippen LogP contribution in [0, 0.1) is 0 Å². The Bertz CT molecular complexity index is 498. The van der Waals surface area contributed by atoms with Crippen molar-refractivity contribution in [2.24, 2.45) is 0 Å². The van der Waals surface area contributed by atoms with Crippen LogP contribution in [-0.2, 0) is 0 Å². The van der Waals surface area contributed by atoms with Gasteiger partial charge in [-0.05, 0) is 42.3 Å². The number of hydrogen-bond donors (Lipinski definition) is 1. The fraction of sp³-hybridized carbons (Fsp3) is 0.333. The van der Waals surface area contributed by atoms with Crippen molar-refractivity contribution in [1.29, 1.82) is 0 Å². The lowest BCUT2D eigenvalue weighted by Crippen LogP contribution is -2.24. The molecule has 0 bridgehead atoms. The van der Waals surface area contributed by atoms with Gasteiger partial charge >= 0.3 is 0 Å². The second-order valence-corrected chi connectivity index (χ2v) is 5.20. The first kappa shape index (κ1) is 12.3. The maximum atomic E-state index is 3.46. The van der Waals surface area contributed by atoms with Gasteiger partial charge in [0.25, 0.3) is 0 Å². The van der Waals surface area contributed by atoms with E-state index in [2.05, 4.69) is 61.0 Å². The fourth-order valence-corrected chi connectivity index (χ4v) is 2.74. The molecule has 1 N–H and O–H groups in total. The highest BCUT2D eigenvalue weighted by atomic mass is 32.1. The minimum absolute atomic E-state index is 0.439. The molecule has 90 valence electrons. The van der Waals surface area contributed by atoms with E-state index >= 15 is 0 Å². The SMILES string of the molecule is CCCNC(C)/C=C/c1csc2ccccc12. The van der Waals surface area contributed by atoms with Gasteiger partial charge in [-0.15, -0.1) is 11.3 Å². The molecule has 2 rings (SSSR count). The smallest absolute Gasteiger partial charge is 0.0348 e. The summed E-state index contributed by atoms with van der Waals surface area (Å²) >= 11 is 1.81. The summed E-state index contributed by atoms with van der Waals surface area (Å²) in [5.41, 5.74) is 1.33. The van der Waals surface area contributed by atoms with Crippen molar-refractivity contribution in [3.63, 3.8) is 0 Å². The molecule has 0 saturated carbocycles. The quantitative estimate of drug-likeness (QED) is 0.828. The van der Waals surface area contributed by atoms with E-state index in [1.807, 2.05) is 11.3 Å². The highest BCUT2D eigenvalue weighted by molar-refractivity contribution is 7.17. The Morgan fingerprint density at radius 2 is 2.18 bits per heavy atom. The topological polar surface area (TPSA) is 12.0 Å². The molecule has 0 spiro atoms. The molecule has 1 nitrogen and oxygen atoms in total. The van der Waals surface area contributed by atoms with E-state index in [1.165, 1.54) is 22.1 Å². The van der Waals surface area contributed by atoms with Gasteiger partial charge in [-0.3, -0.25) is 0 Å². The lowest BCUT2D eigenvalue weighted by Gasteiger charge is -2.07. The van der Waals surface area contributed by atoms with Gasteiger partial charge in [0.2, 0.25) is 0 Å². The Balaban J connectivity index is 2.10. The van der Waals surface area contributed by atoms with Crippen LogP contribution >= 0.6 is 11.3 Å². The van der Waals surface area contributed by atoms with Gasteiger partial charge in [0, 0.05) is 10.7 Å². The van der Waals surface area contributed by atoms with E-state index in [0.717, 1.165) is 6.54 Å². The zero-order valence-electron chi connectivity index (χ0n) is 10.4. The molecule has 0 amide bonds. The molecule has 0 radical (unpaired) electrons. The highest BCUT2D eigenvalue weighted by Gasteiger charge is 2.00. The summed E-state index contributed by atoms with van der Waals surface area (Å²) in [6.07, 6.45) is 5.65. The standard InChI is InChI=1S/C15H19NS/c1-3-10-16-12(2)8-9-13-11-17-15-7-5-4-6-14(13)15/h4-9,11-12,16H,3,10H2,1-2H3/b9-8+. The first-order valence-electron chi connectivity index (χ1n) is 6.19. The minimum atomic E-state index is 0.439. The predicted molar refractivity (Wildman–Crippen MR) is 78.6 cm³/mol. The number of nitrogens with one attached hydrogen (secondary N) is 1. The van der Waals surface area contributed by atoms with Gasteiger partial charge in [0.05, 0.1) is 0 Å². The van der Waals surface area contributed by atoms with E-state index in [0.29, 0.717) is 6.04 Å². The Kier molecular flexibility index (Phi) is 4.35. The van der Waals surface area contributed by atoms with Crippen LogP contribution in [0.3, 0.4) is 0 Å². The van der Waals surface area contributed by atoms with Gasteiger partial charge < -0.3 is 5.32 Å². The molecule has 17 heavy (non-hydrogen) atoms. The Morgan fingerprint density at radius 3 is 3.00 bits per heavy atom. The molecule has 1 atom stereocenters. The van der Waals surface area contributed by atoms with Crippen molar-refractivity contribution < 1.29 is 0 Å². The van der Waals surface area contributed by atoms with Gasteiger partial charge in [0.1, 0.15) is 0 Å². The average molecular weight is 245 g/mol. The summed E-state index contributed by atoms with van der Waals surface area (Å²) in [6.45, 7) is 5.46. The molecule has 1 heterocycles. The van der Waals surface area contributed by atoms with Crippen LogP contribution in [0.1, 0.15) is 25.8 Å². The van der Waals surface area contributed by atoms with Crippen LogP contribution in [0.5, 0.6) is 0 Å². The van der Waals surface area contributed by atoms with Crippen LogP contribution < -0.4 is 5.32 Å². The first-order valence-corrected chi connectivity index (χ1v) is 7.07. The van der Waals surface area contributed by atoms with Crippen molar-refractivity contribution in [3.05, 3.63) is 41.3 Å². The molecule has 2 aromatic rings. The normalized spacial score (nSPS) is 13.5. The second kappa shape index (κ2) is 5.99. The maximum absolute atomic E-state index is 3.46. The number of hydrogen-bond acceptors (Lipinski definition) is 2. The Morgan fingerprint density at radius 1 is 1.35 bits per heavy atom. The molecule has 2 heteroatoms. The summed E-state index contributed by atoms with van der Waals surface area (Å²) in [5, 5.41) is 7.05. The molecular weight excluding hydrogens is 226 g/mol. The fourth-order valence-electron chi connectivity index (χ4n) is 1.82. The van der Waals surface area contributed by atoms with Crippen molar-refractivity contribution in [2.75, 3.05) is 6.54 Å². The molecule has 0 aliphatic rings. The minimum Gasteiger partial charge on any atom is -0.311 e. The summed E-state index contributed by atoms with van der Waals surface area (Å²) in [7, 11) is 0. The van der Waals surface area contributed by atoms with Crippen molar-refractivity contribution in [2.45, 2.75) is 26.3 Å². The lowest BCUT2D eigenvalue weighted by atomic mass is 10.1. The Labute approximate surface area is 107 Å². The van der Waals surface area contributed by atoms with Gasteiger partial charge in [0.15, 0.2) is 0 Å². The average Bonchev–Trinajstić information content (AvgIpc) is 2.77. The third-order valence-corrected chi connectivity index (χ3v) is 3.77. The van der Waals surface area contributed by atoms with Gasteiger partial charge in [-0.2, -0.15) is 0 Å². The molecule has 0 aliphatic carbocycles. The van der Waals surface area contributed by atoms with Gasteiger partial charge in [-0.25, -0.2) is 0 Å². The summed E-state index contributed by atoms with van der Waals surface area (Å²) in [5.74, 6) is 0. The number of thiophene rings is 1. The molecular formula is C15H19NS. The first-order chi connectivity index (χ1) is 8.31. The molecule has 1 unspecified atom stereocenters. The molecule has 0 saturated heterocycles. The van der Waals surface area contributed by atoms with E-state index in [9.17, 15) is 0 Å². The number of fused-ring (bicyclic) bond motifs is 1. The van der Waals surface area contributed by atoms with E-state index in [4.69, 9.17) is 0 Å². The summed E-state index contributed by atoms with van der Waals surface area (Å²) in [4.78, 5) is 0. The largest absolute Gasteiger partial charge is 0.311 e. The van der Waals surface area contributed by atoms with Crippen molar-refractivity contribution in [1.82, 2.24) is 5.32 Å². The predicted octanol–water partition coefficient (Wildman–Crippen LogP) is 4.30. The van der Waals surface area contributed by atoms with Crippen molar-refractivity contribution >= 4 is 27.5 Å². The Hall–Kier alpha value is -1.12. The molecule has 0 fully saturated rings. The van der Waals surface area contributed by atoms with E-state index < -0.39 is 0 Å². The second-order valence-electron chi connectivity index (χ2n) is 4.29. The maximum Gasteiger partial charge on any atom is 0.0348 e. The van der Waals surface area contributed by atoms with Crippen LogP contribution in [0.2, 0.25) is 0 Å². The highest BCUT2D eigenvalue weighted by Crippen LogP contribution is 2.26. The monoisotopic (exact) mass is 245 g/mol. The molecule has 0 aliphatic heterocycles. The van der Waals surface area contributed by atoms with E-state index in [-0.39, 0.29) is 0 Å². The zero-order chi connectivity index (χ0) is 12.1. The lowest BCUT2D eigenvalue weighted by molar-refractivity contribution is 0.625. The third kappa shape index (κ3) is 3.18. The number of benzene rings is 1. The van der Waals surface area contributed by atoms with Crippen LogP contribution in [0.25, 0.3) is 16.2 Å². The molecule has 1 aromatic heterocycles. The molecule has 1 aromatic carbocycles. The van der Waals surface area contributed by atoms with Crippen LogP contribution in [0.15, 0.2) is 35.7 Å². The number of rotatable bonds is 5. The van der Waals surface area contributed by atoms with Gasteiger partial charge in [-0.1, -0.05) is 37.3 Å².